The van der Waals surface area contributed by atoms with E-state index >= 15 is 0 Å². The van der Waals surface area contributed by atoms with Gasteiger partial charge in [-0.3, -0.25) is 9.79 Å². The van der Waals surface area contributed by atoms with Gasteiger partial charge in [0.15, 0.2) is 0 Å². The molecule has 6 rings (SSSR count). The Morgan fingerprint density at radius 2 is 1.17 bits per heavy atom. The van der Waals surface area contributed by atoms with Crippen LogP contribution in [0.2, 0.25) is 0 Å². The van der Waals surface area contributed by atoms with Crippen molar-refractivity contribution in [3.8, 4) is 5.75 Å². The molecule has 0 unspecified atom stereocenters. The monoisotopic (exact) mass is 480 g/mol. The topological polar surface area (TPSA) is 116 Å². The number of aliphatic imine (C=N–C) groups is 4. The third-order valence-corrected chi connectivity index (χ3v) is 5.87. The summed E-state index contributed by atoms with van der Waals surface area (Å²) >= 11 is 0. The first kappa shape index (κ1) is 21.3. The smallest absolute Gasteiger partial charge is 0.404 e. The van der Waals surface area contributed by atoms with Crippen LogP contribution in [0.25, 0.3) is 5.57 Å². The van der Waals surface area contributed by atoms with Crippen molar-refractivity contribution in [2.45, 2.75) is 0 Å². The minimum absolute atomic E-state index is 0.0611. The van der Waals surface area contributed by atoms with Crippen LogP contribution in [0.5, 0.6) is 5.75 Å². The van der Waals surface area contributed by atoms with E-state index in [-0.39, 0.29) is 5.75 Å². The normalized spacial score (nSPS) is 19.9. The second-order valence-corrected chi connectivity index (χ2v) is 9.18. The van der Waals surface area contributed by atoms with Gasteiger partial charge in [0.1, 0.15) is 5.75 Å². The highest BCUT2D eigenvalue weighted by Crippen LogP contribution is 2.43. The van der Waals surface area contributed by atoms with Crippen molar-refractivity contribution in [1.82, 2.24) is 0 Å². The number of benzene rings is 1. The molecule has 35 heavy (non-hydrogen) atoms. The van der Waals surface area contributed by atoms with Crippen LogP contribution >= 0.6 is 7.82 Å². The van der Waals surface area contributed by atoms with Gasteiger partial charge >= 0.3 is 7.82 Å². The van der Waals surface area contributed by atoms with E-state index in [4.69, 9.17) is 9.52 Å². The second-order valence-electron chi connectivity index (χ2n) is 8.02. The predicted molar refractivity (Wildman–Crippen MR) is 137 cm³/mol. The molecule has 9 heteroatoms. The zero-order chi connectivity index (χ0) is 24.0. The van der Waals surface area contributed by atoms with Crippen LogP contribution in [-0.4, -0.2) is 32.6 Å². The molecule has 170 valence electrons. The first-order chi connectivity index (χ1) is 16.9. The highest BCUT2D eigenvalue weighted by atomic mass is 31.2. The number of allylic oxidation sites excluding steroid dienone is 12. The quantitative estimate of drug-likeness (QED) is 0.616. The standard InChI is InChI=1S/C26H17N4O4P/c31-35(32,33)34-26-4-2-1-3-23(26)24-14-22-13-20-8-7-18(28-20)11-16-5-6-17(27-16)12-19-9-10-21(29-19)15-25(24)30-22/h1-15H,(H2,31,32,33). The van der Waals surface area contributed by atoms with Gasteiger partial charge in [-0.2, -0.15) is 0 Å². The lowest BCUT2D eigenvalue weighted by Gasteiger charge is -2.13. The van der Waals surface area contributed by atoms with Gasteiger partial charge in [-0.25, -0.2) is 24.5 Å². The molecule has 0 aromatic heterocycles. The summed E-state index contributed by atoms with van der Waals surface area (Å²) in [6.45, 7) is 0. The Morgan fingerprint density at radius 1 is 0.629 bits per heavy atom. The van der Waals surface area contributed by atoms with E-state index in [9.17, 15) is 14.4 Å². The molecule has 0 spiro atoms. The fourth-order valence-electron chi connectivity index (χ4n) is 4.01. The molecular formula is C26H17N4O4P. The highest BCUT2D eigenvalue weighted by molar-refractivity contribution is 7.46. The first-order valence-corrected chi connectivity index (χ1v) is 12.2. The van der Waals surface area contributed by atoms with Crippen LogP contribution in [0.15, 0.2) is 134 Å². The third-order valence-electron chi connectivity index (χ3n) is 5.43. The van der Waals surface area contributed by atoms with E-state index in [0.29, 0.717) is 28.3 Å². The van der Waals surface area contributed by atoms with Crippen molar-refractivity contribution in [2.24, 2.45) is 20.0 Å². The molecule has 8 bridgehead atoms. The second kappa shape index (κ2) is 8.21. The van der Waals surface area contributed by atoms with Gasteiger partial charge in [0.25, 0.3) is 0 Å². The fraction of sp³-hybridized carbons (Fsp3) is 0. The summed E-state index contributed by atoms with van der Waals surface area (Å²) in [5.74, 6) is 0.0611. The summed E-state index contributed by atoms with van der Waals surface area (Å²) in [6, 6.07) is 6.67. The number of hydrogen-bond acceptors (Lipinski definition) is 6. The zero-order valence-electron chi connectivity index (χ0n) is 18.1. The predicted octanol–water partition coefficient (Wildman–Crippen LogP) is 4.58. The Balaban J connectivity index is 1.50. The van der Waals surface area contributed by atoms with Crippen LogP contribution < -0.4 is 4.52 Å². The Kier molecular flexibility index (Phi) is 5.00. The van der Waals surface area contributed by atoms with Crippen molar-refractivity contribution in [3.05, 3.63) is 119 Å². The maximum atomic E-state index is 11.6. The Labute approximate surface area is 200 Å². The molecule has 0 amide bonds. The number of para-hydroxylation sites is 1. The van der Waals surface area contributed by atoms with Crippen molar-refractivity contribution < 1.29 is 18.9 Å². The van der Waals surface area contributed by atoms with Crippen LogP contribution in [0.1, 0.15) is 5.56 Å². The Hall–Kier alpha value is -4.23. The number of nitrogens with zero attached hydrogens (tertiary/aromatic N) is 4. The van der Waals surface area contributed by atoms with Crippen LogP contribution in [0.4, 0.5) is 0 Å². The van der Waals surface area contributed by atoms with Gasteiger partial charge in [-0.15, -0.1) is 0 Å². The third kappa shape index (κ3) is 4.58. The average Bonchev–Trinajstić information content (AvgIpc) is 3.58. The number of fused-ring (bicyclic) bond motifs is 4. The maximum absolute atomic E-state index is 11.6. The van der Waals surface area contributed by atoms with E-state index in [1.54, 1.807) is 18.2 Å². The van der Waals surface area contributed by atoms with Crippen molar-refractivity contribution >= 4 is 36.2 Å². The molecule has 0 aliphatic carbocycles. The largest absolute Gasteiger partial charge is 0.524 e. The van der Waals surface area contributed by atoms with E-state index in [2.05, 4.69) is 15.0 Å². The van der Waals surface area contributed by atoms with E-state index in [1.807, 2.05) is 66.8 Å². The molecule has 0 fully saturated rings. The summed E-state index contributed by atoms with van der Waals surface area (Å²) in [5, 5.41) is 0. The van der Waals surface area contributed by atoms with Gasteiger partial charge < -0.3 is 4.52 Å². The Bertz CT molecular complexity index is 1600. The summed E-state index contributed by atoms with van der Waals surface area (Å²) < 4.78 is 16.5. The molecule has 5 aliphatic rings. The van der Waals surface area contributed by atoms with Crippen molar-refractivity contribution in [2.75, 3.05) is 0 Å². The molecule has 1 aromatic rings. The fourth-order valence-corrected chi connectivity index (χ4v) is 4.43. The van der Waals surface area contributed by atoms with E-state index < -0.39 is 7.82 Å². The molecule has 8 nitrogen and oxygen atoms in total. The molecule has 5 aliphatic heterocycles. The number of rotatable bonds is 3. The lowest BCUT2D eigenvalue weighted by atomic mass is 10.0. The lowest BCUT2D eigenvalue weighted by Crippen LogP contribution is -1.96. The summed E-state index contributed by atoms with van der Waals surface area (Å²) in [4.78, 5) is 37.4. The minimum atomic E-state index is -4.76. The van der Waals surface area contributed by atoms with Crippen molar-refractivity contribution in [1.29, 1.82) is 0 Å². The van der Waals surface area contributed by atoms with Crippen LogP contribution in [0, 0.1) is 0 Å². The average molecular weight is 480 g/mol. The SMILES string of the molecule is O=P(O)(O)Oc1ccccc1C1=CC2=NC1=CC1=NC(=CC3=NC(=CC4=NC(=C2)C=C4)C=C3)C=C1. The van der Waals surface area contributed by atoms with Gasteiger partial charge in [0, 0.05) is 11.1 Å². The Morgan fingerprint density at radius 3 is 1.77 bits per heavy atom. The summed E-state index contributed by atoms with van der Waals surface area (Å²) in [5.41, 5.74) is 6.94. The maximum Gasteiger partial charge on any atom is 0.524 e. The molecule has 2 N–H and O–H groups in total. The van der Waals surface area contributed by atoms with Gasteiger partial charge in [-0.1, -0.05) is 18.2 Å². The summed E-state index contributed by atoms with van der Waals surface area (Å²) in [6.07, 6.45) is 20.8. The van der Waals surface area contributed by atoms with Crippen LogP contribution in [-0.2, 0) is 4.57 Å². The first-order valence-electron chi connectivity index (χ1n) is 10.7. The molecule has 1 aromatic carbocycles. The van der Waals surface area contributed by atoms with Crippen LogP contribution in [0.3, 0.4) is 0 Å². The highest BCUT2D eigenvalue weighted by Gasteiger charge is 2.24. The van der Waals surface area contributed by atoms with Gasteiger partial charge in [0.05, 0.1) is 45.6 Å². The van der Waals surface area contributed by atoms with Gasteiger partial charge in [0.2, 0.25) is 0 Å². The van der Waals surface area contributed by atoms with Crippen molar-refractivity contribution in [3.63, 3.8) is 0 Å². The number of phosphoric ester groups is 1. The summed E-state index contributed by atoms with van der Waals surface area (Å²) in [7, 11) is -4.76. The zero-order valence-corrected chi connectivity index (χ0v) is 19.0. The van der Waals surface area contributed by atoms with Gasteiger partial charge in [-0.05, 0) is 72.9 Å². The molecule has 0 saturated carbocycles. The number of hydrogen-bond donors (Lipinski definition) is 2. The lowest BCUT2D eigenvalue weighted by molar-refractivity contribution is 0.283. The van der Waals surface area contributed by atoms with E-state index in [0.717, 1.165) is 28.5 Å². The molecule has 5 heterocycles. The molecule has 0 radical (unpaired) electrons. The molecule has 0 atom stereocenters. The number of phosphoric acid groups is 1. The van der Waals surface area contributed by atoms with E-state index in [1.165, 1.54) is 6.07 Å². The molecule has 0 saturated heterocycles. The molecular weight excluding hydrogens is 463 g/mol. The minimum Gasteiger partial charge on any atom is -0.404 e.